The zero-order valence-corrected chi connectivity index (χ0v) is 10.0. The standard InChI is InChI=1S/C13H15FO3/c1-13(2,8-7-11(15)16)9-5-4-6-10(14)12(9)17-3/h4-8H,1-3H3,(H,15,16)/b8-7+. The number of halogens is 1. The highest BCUT2D eigenvalue weighted by Crippen LogP contribution is 2.34. The number of hydrogen-bond acceptors (Lipinski definition) is 2. The van der Waals surface area contributed by atoms with Crippen molar-refractivity contribution >= 4 is 5.97 Å². The molecule has 0 amide bonds. The highest BCUT2D eigenvalue weighted by Gasteiger charge is 2.23. The lowest BCUT2D eigenvalue weighted by atomic mass is 9.83. The zero-order valence-electron chi connectivity index (χ0n) is 10.0. The summed E-state index contributed by atoms with van der Waals surface area (Å²) in [5.41, 5.74) is -0.0104. The van der Waals surface area contributed by atoms with Gasteiger partial charge in [-0.15, -0.1) is 0 Å². The van der Waals surface area contributed by atoms with Crippen molar-refractivity contribution in [3.05, 3.63) is 41.7 Å². The molecule has 0 atom stereocenters. The Balaban J connectivity index is 3.23. The Morgan fingerprint density at radius 2 is 2.12 bits per heavy atom. The molecule has 4 heteroatoms. The van der Waals surface area contributed by atoms with Gasteiger partial charge in [0.15, 0.2) is 11.6 Å². The summed E-state index contributed by atoms with van der Waals surface area (Å²) < 4.78 is 18.5. The molecule has 17 heavy (non-hydrogen) atoms. The number of methoxy groups -OCH3 is 1. The fourth-order valence-electron chi connectivity index (χ4n) is 1.59. The number of rotatable bonds is 4. The van der Waals surface area contributed by atoms with Gasteiger partial charge >= 0.3 is 5.97 Å². The third-order valence-electron chi connectivity index (χ3n) is 2.51. The summed E-state index contributed by atoms with van der Waals surface area (Å²) in [6.07, 6.45) is 2.55. The van der Waals surface area contributed by atoms with Crippen LogP contribution in [0.2, 0.25) is 0 Å². The average molecular weight is 238 g/mol. The topological polar surface area (TPSA) is 46.5 Å². The van der Waals surface area contributed by atoms with E-state index in [1.807, 2.05) is 0 Å². The second-order valence-corrected chi connectivity index (χ2v) is 4.21. The van der Waals surface area contributed by atoms with Crippen molar-refractivity contribution in [2.24, 2.45) is 0 Å². The third-order valence-corrected chi connectivity index (χ3v) is 2.51. The van der Waals surface area contributed by atoms with Crippen LogP contribution in [-0.4, -0.2) is 18.2 Å². The largest absolute Gasteiger partial charge is 0.493 e. The molecule has 0 aliphatic carbocycles. The fraction of sp³-hybridized carbons (Fsp3) is 0.308. The summed E-state index contributed by atoms with van der Waals surface area (Å²) in [5.74, 6) is -1.34. The van der Waals surface area contributed by atoms with E-state index in [2.05, 4.69) is 0 Å². The Morgan fingerprint density at radius 3 is 2.65 bits per heavy atom. The molecule has 0 heterocycles. The van der Waals surface area contributed by atoms with Crippen LogP contribution in [0.25, 0.3) is 0 Å². The summed E-state index contributed by atoms with van der Waals surface area (Å²) in [6.45, 7) is 3.59. The maximum atomic E-state index is 13.5. The molecule has 0 saturated carbocycles. The van der Waals surface area contributed by atoms with Gasteiger partial charge in [-0.05, 0) is 6.07 Å². The molecule has 0 aliphatic rings. The van der Waals surface area contributed by atoms with E-state index in [1.165, 1.54) is 19.3 Å². The number of carbonyl (C=O) groups is 1. The predicted molar refractivity (Wildman–Crippen MR) is 62.8 cm³/mol. The molecule has 0 spiro atoms. The lowest BCUT2D eigenvalue weighted by molar-refractivity contribution is -0.131. The van der Waals surface area contributed by atoms with E-state index in [4.69, 9.17) is 9.84 Å². The first-order valence-corrected chi connectivity index (χ1v) is 5.13. The van der Waals surface area contributed by atoms with Crippen LogP contribution in [0.15, 0.2) is 30.4 Å². The predicted octanol–water partition coefficient (Wildman–Crippen LogP) is 2.75. The molecule has 0 fully saturated rings. The van der Waals surface area contributed by atoms with Crippen LogP contribution < -0.4 is 4.74 Å². The van der Waals surface area contributed by atoms with E-state index >= 15 is 0 Å². The molecular formula is C13H15FO3. The normalized spacial score (nSPS) is 11.8. The first-order chi connectivity index (χ1) is 7.88. The first kappa shape index (κ1) is 13.2. The van der Waals surface area contributed by atoms with Crippen molar-refractivity contribution in [3.8, 4) is 5.75 Å². The van der Waals surface area contributed by atoms with Gasteiger partial charge in [0, 0.05) is 17.1 Å². The molecule has 92 valence electrons. The lowest BCUT2D eigenvalue weighted by Gasteiger charge is -2.23. The number of para-hydroxylation sites is 1. The smallest absolute Gasteiger partial charge is 0.328 e. The Bertz CT molecular complexity index is 450. The van der Waals surface area contributed by atoms with Gasteiger partial charge in [-0.1, -0.05) is 32.1 Å². The van der Waals surface area contributed by atoms with Gasteiger partial charge in [0.05, 0.1) is 7.11 Å². The van der Waals surface area contributed by atoms with E-state index in [9.17, 15) is 9.18 Å². The maximum absolute atomic E-state index is 13.5. The number of benzene rings is 1. The van der Waals surface area contributed by atoms with Crippen molar-refractivity contribution in [2.75, 3.05) is 7.11 Å². The highest BCUT2D eigenvalue weighted by atomic mass is 19.1. The Morgan fingerprint density at radius 1 is 1.47 bits per heavy atom. The minimum Gasteiger partial charge on any atom is -0.493 e. The van der Waals surface area contributed by atoms with Crippen LogP contribution in [0.1, 0.15) is 19.4 Å². The molecule has 0 saturated heterocycles. The van der Waals surface area contributed by atoms with Crippen LogP contribution in [0.4, 0.5) is 4.39 Å². The van der Waals surface area contributed by atoms with Gasteiger partial charge in [-0.3, -0.25) is 0 Å². The molecule has 0 radical (unpaired) electrons. The van der Waals surface area contributed by atoms with Crippen molar-refractivity contribution in [1.82, 2.24) is 0 Å². The van der Waals surface area contributed by atoms with Crippen LogP contribution in [0.5, 0.6) is 5.75 Å². The summed E-state index contributed by atoms with van der Waals surface area (Å²) in [7, 11) is 1.39. The van der Waals surface area contributed by atoms with E-state index in [-0.39, 0.29) is 5.75 Å². The minimum atomic E-state index is -1.03. The minimum absolute atomic E-state index is 0.146. The Kier molecular flexibility index (Phi) is 3.89. The van der Waals surface area contributed by atoms with Crippen molar-refractivity contribution in [3.63, 3.8) is 0 Å². The number of aliphatic carboxylic acids is 1. The molecule has 1 aromatic rings. The molecule has 0 bridgehead atoms. The molecule has 0 aromatic heterocycles. The van der Waals surface area contributed by atoms with Gasteiger partial charge in [-0.25, -0.2) is 9.18 Å². The lowest BCUT2D eigenvalue weighted by Crippen LogP contribution is -2.16. The maximum Gasteiger partial charge on any atom is 0.328 e. The summed E-state index contributed by atoms with van der Waals surface area (Å²) in [4.78, 5) is 10.5. The monoisotopic (exact) mass is 238 g/mol. The number of carboxylic acids is 1. The second kappa shape index (κ2) is 4.99. The van der Waals surface area contributed by atoms with E-state index in [0.717, 1.165) is 6.08 Å². The third kappa shape index (κ3) is 3.06. The molecule has 0 aliphatic heterocycles. The Labute approximate surface area is 99.5 Å². The molecule has 1 N–H and O–H groups in total. The first-order valence-electron chi connectivity index (χ1n) is 5.13. The molecule has 0 unspecified atom stereocenters. The molecule has 1 aromatic carbocycles. The number of allylic oxidation sites excluding steroid dienone is 1. The van der Waals surface area contributed by atoms with Crippen molar-refractivity contribution < 1.29 is 19.0 Å². The summed E-state index contributed by atoms with van der Waals surface area (Å²) in [5, 5.41) is 8.61. The van der Waals surface area contributed by atoms with E-state index < -0.39 is 17.2 Å². The van der Waals surface area contributed by atoms with Gasteiger partial charge in [-0.2, -0.15) is 0 Å². The van der Waals surface area contributed by atoms with E-state index in [1.54, 1.807) is 26.0 Å². The number of hydrogen-bond donors (Lipinski definition) is 1. The second-order valence-electron chi connectivity index (χ2n) is 4.21. The quantitative estimate of drug-likeness (QED) is 0.820. The van der Waals surface area contributed by atoms with Crippen LogP contribution in [0.3, 0.4) is 0 Å². The number of carboxylic acid groups (broad SMARTS) is 1. The average Bonchev–Trinajstić information content (AvgIpc) is 2.26. The van der Waals surface area contributed by atoms with Crippen molar-refractivity contribution in [1.29, 1.82) is 0 Å². The number of ether oxygens (including phenoxy) is 1. The van der Waals surface area contributed by atoms with Gasteiger partial charge < -0.3 is 9.84 Å². The zero-order chi connectivity index (χ0) is 13.1. The Hall–Kier alpha value is -1.84. The van der Waals surface area contributed by atoms with Crippen LogP contribution in [0, 0.1) is 5.82 Å². The van der Waals surface area contributed by atoms with Gasteiger partial charge in [0.2, 0.25) is 0 Å². The SMILES string of the molecule is COc1c(F)cccc1C(C)(C)/C=C/C(=O)O. The fourth-order valence-corrected chi connectivity index (χ4v) is 1.59. The van der Waals surface area contributed by atoms with Crippen LogP contribution >= 0.6 is 0 Å². The summed E-state index contributed by atoms with van der Waals surface area (Å²) >= 11 is 0. The van der Waals surface area contributed by atoms with Crippen LogP contribution in [-0.2, 0) is 10.2 Å². The van der Waals surface area contributed by atoms with Gasteiger partial charge in [0.1, 0.15) is 0 Å². The van der Waals surface area contributed by atoms with Crippen molar-refractivity contribution in [2.45, 2.75) is 19.3 Å². The molecular weight excluding hydrogens is 223 g/mol. The molecule has 1 rings (SSSR count). The van der Waals surface area contributed by atoms with Gasteiger partial charge in [0.25, 0.3) is 0 Å². The summed E-state index contributed by atoms with van der Waals surface area (Å²) in [6, 6.07) is 4.59. The highest BCUT2D eigenvalue weighted by molar-refractivity contribution is 5.80. The van der Waals surface area contributed by atoms with E-state index in [0.29, 0.717) is 5.56 Å². The molecule has 3 nitrogen and oxygen atoms in total.